The highest BCUT2D eigenvalue weighted by atomic mass is 32.1. The van der Waals surface area contributed by atoms with E-state index in [0.717, 1.165) is 73.7 Å². The number of nitrogens with zero attached hydrogens (tertiary/aromatic N) is 5. The van der Waals surface area contributed by atoms with Crippen LogP contribution in [0.2, 0.25) is 0 Å². The molecule has 2 saturated heterocycles. The molecule has 4 heterocycles. The molecule has 184 valence electrons. The molecule has 0 radical (unpaired) electrons. The normalized spacial score (nSPS) is 21.3. The number of likely N-dealkylation sites (tertiary alicyclic amines) is 1. The molecule has 0 bridgehead atoms. The minimum absolute atomic E-state index is 0.171. The number of aromatic nitrogens is 2. The fourth-order valence-corrected chi connectivity index (χ4v) is 6.41. The van der Waals surface area contributed by atoms with E-state index in [-0.39, 0.29) is 10.3 Å². The van der Waals surface area contributed by atoms with Crippen molar-refractivity contribution in [1.82, 2.24) is 14.9 Å². The molecule has 1 aromatic carbocycles. The molecule has 0 unspecified atom stereocenters. The van der Waals surface area contributed by atoms with Gasteiger partial charge in [0.15, 0.2) is 0 Å². The van der Waals surface area contributed by atoms with E-state index in [4.69, 9.17) is 0 Å². The number of fused-ring (bicyclic) bond motifs is 1. The summed E-state index contributed by atoms with van der Waals surface area (Å²) in [6.45, 7) is 8.45. The number of hydrogen-bond acceptors (Lipinski definition) is 6. The predicted octanol–water partition coefficient (Wildman–Crippen LogP) is 5.70. The van der Waals surface area contributed by atoms with Gasteiger partial charge in [0.2, 0.25) is 0 Å². The molecule has 2 aromatic heterocycles. The number of anilines is 1. The third-order valence-corrected chi connectivity index (χ3v) is 8.39. The van der Waals surface area contributed by atoms with Crippen molar-refractivity contribution in [1.29, 1.82) is 5.26 Å². The smallest absolute Gasteiger partial charge is 0.355 e. The molecule has 2 fully saturated rings. The lowest BCUT2D eigenvalue weighted by Gasteiger charge is -2.25. The second-order valence-corrected chi connectivity index (χ2v) is 11.6. The Morgan fingerprint density at radius 3 is 2.54 bits per heavy atom. The van der Waals surface area contributed by atoms with Gasteiger partial charge in [-0.3, -0.25) is 4.90 Å². The minimum atomic E-state index is -4.23. The zero-order chi connectivity index (χ0) is 24.8. The molecule has 2 aliphatic rings. The summed E-state index contributed by atoms with van der Waals surface area (Å²) >= 11 is 1.10. The number of alkyl halides is 3. The van der Waals surface area contributed by atoms with Gasteiger partial charge in [0.1, 0.15) is 17.0 Å². The van der Waals surface area contributed by atoms with Crippen molar-refractivity contribution in [2.24, 2.45) is 5.41 Å². The average Bonchev–Trinajstić information content (AvgIpc) is 3.51. The van der Waals surface area contributed by atoms with Crippen LogP contribution >= 0.6 is 11.3 Å². The van der Waals surface area contributed by atoms with Crippen molar-refractivity contribution in [3.63, 3.8) is 0 Å². The van der Waals surface area contributed by atoms with Crippen molar-refractivity contribution in [2.45, 2.75) is 51.2 Å². The number of halogens is 3. The molecule has 35 heavy (non-hydrogen) atoms. The number of rotatable bonds is 5. The molecule has 5 nitrogen and oxygen atoms in total. The molecule has 0 saturated carbocycles. The molecule has 3 aromatic rings. The van der Waals surface area contributed by atoms with Gasteiger partial charge in [-0.05, 0) is 50.4 Å². The monoisotopic (exact) mass is 499 g/mol. The summed E-state index contributed by atoms with van der Waals surface area (Å²) in [6.07, 6.45) is -1.55. The lowest BCUT2D eigenvalue weighted by molar-refractivity contribution is -0.126. The van der Waals surface area contributed by atoms with Crippen molar-refractivity contribution >= 4 is 27.4 Å². The first-order valence-corrected chi connectivity index (χ1v) is 12.7. The first kappa shape index (κ1) is 24.0. The van der Waals surface area contributed by atoms with Crippen LogP contribution in [0, 0.1) is 16.7 Å². The van der Waals surface area contributed by atoms with Gasteiger partial charge in [-0.15, -0.1) is 11.3 Å². The maximum atomic E-state index is 12.9. The molecule has 5 rings (SSSR count). The van der Waals surface area contributed by atoms with Crippen LogP contribution < -0.4 is 4.90 Å². The Bertz CT molecular complexity index is 1260. The summed E-state index contributed by atoms with van der Waals surface area (Å²) in [6, 6.07) is 12.3. The largest absolute Gasteiger partial charge is 0.393 e. The summed E-state index contributed by atoms with van der Waals surface area (Å²) in [7, 11) is 0. The molecule has 1 spiro atoms. The first-order valence-electron chi connectivity index (χ1n) is 11.8. The highest BCUT2D eigenvalue weighted by Gasteiger charge is 2.44. The van der Waals surface area contributed by atoms with Gasteiger partial charge in [0.25, 0.3) is 0 Å². The third-order valence-electron chi connectivity index (χ3n) is 7.35. The van der Waals surface area contributed by atoms with E-state index in [9.17, 15) is 18.4 Å². The SMILES string of the molecule is CC(C)(C#N)c1ccc(CN2CC[C@]3(CCN(c4ncnc5sc(CC(F)(F)F)cc45)C3)C2)cc1. The second kappa shape index (κ2) is 8.75. The van der Waals surface area contributed by atoms with E-state index in [1.165, 1.54) is 11.9 Å². The first-order chi connectivity index (χ1) is 16.6. The molecular formula is C26H28F3N5S. The van der Waals surface area contributed by atoms with Crippen LogP contribution in [0.1, 0.15) is 42.7 Å². The number of benzene rings is 1. The van der Waals surface area contributed by atoms with Crippen molar-refractivity contribution < 1.29 is 13.2 Å². The Kier molecular flexibility index (Phi) is 6.01. The standard InChI is InChI=1S/C26H28F3N5S/c1-24(2,14-30)19-5-3-18(4-6-19)13-33-9-7-25(15-33)8-10-34(16-25)22-21-11-20(12-26(27,28)29)35-23(21)32-17-31-22/h3-6,11,17H,7-10,12-13,15-16H2,1-2H3/t25-/m0/s1. The molecule has 0 N–H and O–H groups in total. The van der Waals surface area contributed by atoms with E-state index in [0.29, 0.717) is 4.83 Å². The minimum Gasteiger partial charge on any atom is -0.355 e. The fourth-order valence-electron chi connectivity index (χ4n) is 5.39. The van der Waals surface area contributed by atoms with Crippen LogP contribution in [0.4, 0.5) is 19.0 Å². The molecular weight excluding hydrogens is 471 g/mol. The lowest BCUT2D eigenvalue weighted by Crippen LogP contribution is -2.31. The van der Waals surface area contributed by atoms with Crippen LogP contribution in [0.5, 0.6) is 0 Å². The summed E-state index contributed by atoms with van der Waals surface area (Å²) in [5.41, 5.74) is 1.94. The molecule has 1 atom stereocenters. The topological polar surface area (TPSA) is 56.1 Å². The Balaban J connectivity index is 1.26. The summed E-state index contributed by atoms with van der Waals surface area (Å²) in [4.78, 5) is 14.3. The van der Waals surface area contributed by atoms with E-state index in [2.05, 4.69) is 50.1 Å². The number of nitriles is 1. The van der Waals surface area contributed by atoms with Crippen LogP contribution in [-0.4, -0.2) is 47.2 Å². The highest BCUT2D eigenvalue weighted by molar-refractivity contribution is 7.18. The Hall–Kier alpha value is -2.70. The van der Waals surface area contributed by atoms with Crippen LogP contribution in [0.3, 0.4) is 0 Å². The van der Waals surface area contributed by atoms with Crippen LogP contribution in [-0.2, 0) is 18.4 Å². The number of hydrogen-bond donors (Lipinski definition) is 0. The van der Waals surface area contributed by atoms with Gasteiger partial charge in [-0.2, -0.15) is 18.4 Å². The van der Waals surface area contributed by atoms with Gasteiger partial charge >= 0.3 is 6.18 Å². The van der Waals surface area contributed by atoms with Crippen molar-refractivity contribution in [2.75, 3.05) is 31.1 Å². The highest BCUT2D eigenvalue weighted by Crippen LogP contribution is 2.43. The summed E-state index contributed by atoms with van der Waals surface area (Å²) in [5, 5.41) is 10.1. The van der Waals surface area contributed by atoms with Crippen molar-refractivity contribution in [3.8, 4) is 6.07 Å². The zero-order valence-corrected chi connectivity index (χ0v) is 20.7. The molecule has 0 aliphatic carbocycles. The summed E-state index contributed by atoms with van der Waals surface area (Å²) in [5.74, 6) is 0.755. The molecule has 0 amide bonds. The Morgan fingerprint density at radius 1 is 1.09 bits per heavy atom. The van der Waals surface area contributed by atoms with Gasteiger partial charge in [0, 0.05) is 36.5 Å². The molecule has 2 aliphatic heterocycles. The summed E-state index contributed by atoms with van der Waals surface area (Å²) < 4.78 is 38.7. The number of thiophene rings is 1. The Morgan fingerprint density at radius 2 is 1.83 bits per heavy atom. The Labute approximate surface area is 207 Å². The maximum absolute atomic E-state index is 12.9. The second-order valence-electron chi connectivity index (χ2n) is 10.5. The van der Waals surface area contributed by atoms with E-state index in [1.807, 2.05) is 13.8 Å². The quantitative estimate of drug-likeness (QED) is 0.451. The molecule has 9 heteroatoms. The van der Waals surface area contributed by atoms with E-state index >= 15 is 0 Å². The van der Waals surface area contributed by atoms with E-state index < -0.39 is 18.0 Å². The van der Waals surface area contributed by atoms with Gasteiger partial charge in [0.05, 0.1) is 23.3 Å². The average molecular weight is 500 g/mol. The van der Waals surface area contributed by atoms with Gasteiger partial charge in [-0.1, -0.05) is 24.3 Å². The van der Waals surface area contributed by atoms with Crippen LogP contribution in [0.15, 0.2) is 36.7 Å². The van der Waals surface area contributed by atoms with Crippen LogP contribution in [0.25, 0.3) is 10.2 Å². The van der Waals surface area contributed by atoms with Gasteiger partial charge in [-0.25, -0.2) is 9.97 Å². The van der Waals surface area contributed by atoms with E-state index in [1.54, 1.807) is 6.07 Å². The third kappa shape index (κ3) is 5.00. The maximum Gasteiger partial charge on any atom is 0.393 e. The fraction of sp³-hybridized carbons (Fsp3) is 0.500. The zero-order valence-electron chi connectivity index (χ0n) is 19.9. The van der Waals surface area contributed by atoms with Crippen molar-refractivity contribution in [3.05, 3.63) is 52.7 Å². The lowest BCUT2D eigenvalue weighted by atomic mass is 9.86. The van der Waals surface area contributed by atoms with Gasteiger partial charge < -0.3 is 4.90 Å². The predicted molar refractivity (Wildman–Crippen MR) is 131 cm³/mol.